The van der Waals surface area contributed by atoms with Crippen LogP contribution in [0.4, 0.5) is 11.4 Å². The summed E-state index contributed by atoms with van der Waals surface area (Å²) in [5.41, 5.74) is 5.07. The smallest absolute Gasteiger partial charge is 0.142 e. The van der Waals surface area contributed by atoms with Crippen molar-refractivity contribution in [3.63, 3.8) is 0 Å². The van der Waals surface area contributed by atoms with Crippen molar-refractivity contribution in [3.05, 3.63) is 18.2 Å². The van der Waals surface area contributed by atoms with E-state index in [2.05, 4.69) is 16.4 Å². The molecule has 1 saturated heterocycles. The minimum atomic E-state index is 0. The van der Waals surface area contributed by atoms with E-state index in [4.69, 9.17) is 9.57 Å². The lowest BCUT2D eigenvalue weighted by atomic mass is 10.1. The fraction of sp³-hybridized carbons (Fsp3) is 0.571. The zero-order chi connectivity index (χ0) is 12.8. The number of nitrogens with one attached hydrogen (secondary N) is 1. The van der Waals surface area contributed by atoms with Crippen LogP contribution in [0.3, 0.4) is 0 Å². The standard InChI is InChI=1S/C14H22N2O2.ClH/c1-3-18-15-12-7-8-14(17-2)13(11-12)16-9-5-4-6-10-16;/h7-8,11,15H,3-6,9-10H2,1-2H3;1H. The Kier molecular flexibility index (Phi) is 6.81. The van der Waals surface area contributed by atoms with Gasteiger partial charge in [0, 0.05) is 13.1 Å². The van der Waals surface area contributed by atoms with Crippen LogP contribution in [0.5, 0.6) is 5.75 Å². The van der Waals surface area contributed by atoms with E-state index in [1.807, 2.05) is 19.1 Å². The summed E-state index contributed by atoms with van der Waals surface area (Å²) >= 11 is 0. The minimum absolute atomic E-state index is 0. The third-order valence-electron chi connectivity index (χ3n) is 3.21. The van der Waals surface area contributed by atoms with Gasteiger partial charge in [-0.2, -0.15) is 0 Å². The highest BCUT2D eigenvalue weighted by molar-refractivity contribution is 5.85. The van der Waals surface area contributed by atoms with Crippen molar-refractivity contribution in [1.29, 1.82) is 0 Å². The molecule has 0 spiro atoms. The predicted octanol–water partition coefficient (Wildman–Crippen LogP) is 3.47. The van der Waals surface area contributed by atoms with Gasteiger partial charge in [0.25, 0.3) is 0 Å². The summed E-state index contributed by atoms with van der Waals surface area (Å²) in [5, 5.41) is 0. The van der Waals surface area contributed by atoms with Gasteiger partial charge in [-0.05, 0) is 44.4 Å². The van der Waals surface area contributed by atoms with Crippen molar-refractivity contribution in [2.45, 2.75) is 26.2 Å². The normalized spacial score (nSPS) is 14.7. The predicted molar refractivity (Wildman–Crippen MR) is 81.6 cm³/mol. The van der Waals surface area contributed by atoms with Gasteiger partial charge in [-0.25, -0.2) is 0 Å². The summed E-state index contributed by atoms with van der Waals surface area (Å²) in [4.78, 5) is 7.61. The fourth-order valence-electron chi connectivity index (χ4n) is 2.29. The summed E-state index contributed by atoms with van der Waals surface area (Å²) in [6.07, 6.45) is 3.84. The Morgan fingerprint density at radius 2 is 1.95 bits per heavy atom. The first-order valence-electron chi connectivity index (χ1n) is 6.66. The number of ether oxygens (including phenoxy) is 1. The number of hydrogen-bond acceptors (Lipinski definition) is 4. The third-order valence-corrected chi connectivity index (χ3v) is 3.21. The highest BCUT2D eigenvalue weighted by atomic mass is 35.5. The minimum Gasteiger partial charge on any atom is -0.495 e. The van der Waals surface area contributed by atoms with E-state index in [-0.39, 0.29) is 12.4 Å². The number of methoxy groups -OCH3 is 1. The molecule has 0 unspecified atom stereocenters. The number of nitrogens with zero attached hydrogens (tertiary/aromatic N) is 1. The zero-order valence-electron chi connectivity index (χ0n) is 11.6. The Morgan fingerprint density at radius 1 is 1.21 bits per heavy atom. The Morgan fingerprint density at radius 3 is 2.58 bits per heavy atom. The molecular formula is C14H23ClN2O2. The van der Waals surface area contributed by atoms with E-state index >= 15 is 0 Å². The average molecular weight is 287 g/mol. The monoisotopic (exact) mass is 286 g/mol. The Hall–Kier alpha value is -1.13. The van der Waals surface area contributed by atoms with Crippen molar-refractivity contribution in [1.82, 2.24) is 0 Å². The van der Waals surface area contributed by atoms with Crippen molar-refractivity contribution >= 4 is 23.8 Å². The van der Waals surface area contributed by atoms with Crippen LogP contribution in [-0.4, -0.2) is 26.8 Å². The van der Waals surface area contributed by atoms with Crippen LogP contribution in [-0.2, 0) is 4.84 Å². The van der Waals surface area contributed by atoms with E-state index < -0.39 is 0 Å². The number of halogens is 1. The van der Waals surface area contributed by atoms with Crippen LogP contribution in [0.1, 0.15) is 26.2 Å². The number of benzene rings is 1. The van der Waals surface area contributed by atoms with Crippen molar-refractivity contribution in [3.8, 4) is 5.75 Å². The van der Waals surface area contributed by atoms with Crippen molar-refractivity contribution < 1.29 is 9.57 Å². The fourth-order valence-corrected chi connectivity index (χ4v) is 2.29. The highest BCUT2D eigenvalue weighted by Gasteiger charge is 2.15. The van der Waals surface area contributed by atoms with Gasteiger partial charge in [0.2, 0.25) is 0 Å². The molecule has 19 heavy (non-hydrogen) atoms. The van der Waals surface area contributed by atoms with E-state index in [0.29, 0.717) is 6.61 Å². The second-order valence-corrected chi connectivity index (χ2v) is 4.47. The van der Waals surface area contributed by atoms with Gasteiger partial charge in [-0.3, -0.25) is 10.3 Å². The maximum absolute atomic E-state index is 5.45. The van der Waals surface area contributed by atoms with E-state index in [1.54, 1.807) is 7.11 Å². The lowest BCUT2D eigenvalue weighted by Gasteiger charge is -2.30. The van der Waals surface area contributed by atoms with Crippen LogP contribution in [0.15, 0.2) is 18.2 Å². The van der Waals surface area contributed by atoms with Gasteiger partial charge in [-0.15, -0.1) is 12.4 Å². The molecule has 1 aromatic carbocycles. The maximum Gasteiger partial charge on any atom is 0.142 e. The number of hydrogen-bond donors (Lipinski definition) is 1. The lowest BCUT2D eigenvalue weighted by molar-refractivity contribution is 0.210. The molecule has 1 N–H and O–H groups in total. The molecule has 2 rings (SSSR count). The molecule has 1 aromatic rings. The molecule has 0 bridgehead atoms. The number of rotatable bonds is 5. The average Bonchev–Trinajstić information content (AvgIpc) is 2.45. The van der Waals surface area contributed by atoms with Crippen LogP contribution < -0.4 is 15.1 Å². The molecule has 1 aliphatic rings. The Balaban J connectivity index is 0.00000180. The lowest BCUT2D eigenvalue weighted by Crippen LogP contribution is -2.29. The van der Waals surface area contributed by atoms with Gasteiger partial charge in [0.15, 0.2) is 0 Å². The number of anilines is 2. The maximum atomic E-state index is 5.45. The summed E-state index contributed by atoms with van der Waals surface area (Å²) in [6, 6.07) is 6.06. The third kappa shape index (κ3) is 4.18. The molecular weight excluding hydrogens is 264 g/mol. The van der Waals surface area contributed by atoms with Gasteiger partial charge in [0.05, 0.1) is 25.1 Å². The summed E-state index contributed by atoms with van der Waals surface area (Å²) in [7, 11) is 1.72. The molecule has 1 fully saturated rings. The van der Waals surface area contributed by atoms with E-state index in [9.17, 15) is 0 Å². The first-order valence-corrected chi connectivity index (χ1v) is 6.66. The molecule has 4 nitrogen and oxygen atoms in total. The largest absolute Gasteiger partial charge is 0.495 e. The molecule has 0 aliphatic carbocycles. The van der Waals surface area contributed by atoms with Crippen molar-refractivity contribution in [2.24, 2.45) is 0 Å². The molecule has 0 amide bonds. The van der Waals surface area contributed by atoms with Crippen molar-refractivity contribution in [2.75, 3.05) is 37.2 Å². The quantitative estimate of drug-likeness (QED) is 0.841. The first-order chi connectivity index (χ1) is 8.85. The SMILES string of the molecule is CCONc1ccc(OC)c(N2CCCCC2)c1.Cl. The summed E-state index contributed by atoms with van der Waals surface area (Å²) < 4.78 is 5.45. The first kappa shape index (κ1) is 15.9. The second kappa shape index (κ2) is 8.12. The Labute approximate surface area is 121 Å². The molecule has 1 heterocycles. The molecule has 5 heteroatoms. The van der Waals surface area contributed by atoms with Gasteiger partial charge in [-0.1, -0.05) is 0 Å². The van der Waals surface area contributed by atoms with Crippen LogP contribution in [0, 0.1) is 0 Å². The molecule has 1 aliphatic heterocycles. The highest BCUT2D eigenvalue weighted by Crippen LogP contribution is 2.33. The molecule has 0 aromatic heterocycles. The number of piperidine rings is 1. The van der Waals surface area contributed by atoms with E-state index in [0.717, 1.165) is 30.2 Å². The Bertz CT molecular complexity index is 382. The van der Waals surface area contributed by atoms with Crippen LogP contribution in [0.25, 0.3) is 0 Å². The zero-order valence-corrected chi connectivity index (χ0v) is 12.5. The molecule has 108 valence electrons. The molecule has 0 saturated carbocycles. The summed E-state index contributed by atoms with van der Waals surface area (Å²) in [5.74, 6) is 0.930. The molecule has 0 atom stereocenters. The topological polar surface area (TPSA) is 33.7 Å². The summed E-state index contributed by atoms with van der Waals surface area (Å²) in [6.45, 7) is 4.82. The van der Waals surface area contributed by atoms with Gasteiger partial charge >= 0.3 is 0 Å². The van der Waals surface area contributed by atoms with E-state index in [1.165, 1.54) is 19.3 Å². The molecule has 0 radical (unpaired) electrons. The van der Waals surface area contributed by atoms with Gasteiger partial charge in [0.1, 0.15) is 5.75 Å². The van der Waals surface area contributed by atoms with Crippen LogP contribution >= 0.6 is 12.4 Å². The van der Waals surface area contributed by atoms with Crippen LogP contribution in [0.2, 0.25) is 0 Å². The van der Waals surface area contributed by atoms with Gasteiger partial charge < -0.3 is 9.64 Å². The second-order valence-electron chi connectivity index (χ2n) is 4.47.